The van der Waals surface area contributed by atoms with Crippen molar-refractivity contribution in [1.82, 2.24) is 9.80 Å². The van der Waals surface area contributed by atoms with E-state index in [1.54, 1.807) is 12.1 Å². The molecule has 1 atom stereocenters. The summed E-state index contributed by atoms with van der Waals surface area (Å²) < 4.78 is 5.52. The maximum Gasteiger partial charge on any atom is 0.411 e. The number of ether oxygens (including phenoxy) is 1. The van der Waals surface area contributed by atoms with Gasteiger partial charge in [0.25, 0.3) is 0 Å². The Morgan fingerprint density at radius 2 is 1.84 bits per heavy atom. The van der Waals surface area contributed by atoms with Gasteiger partial charge in [0.05, 0.1) is 6.54 Å². The minimum atomic E-state index is -0.628. The highest BCUT2D eigenvalue weighted by atomic mass is 16.6. The van der Waals surface area contributed by atoms with Crippen LogP contribution in [-0.4, -0.2) is 51.6 Å². The van der Waals surface area contributed by atoms with Crippen LogP contribution >= 0.6 is 0 Å². The maximum absolute atomic E-state index is 13.0. The minimum absolute atomic E-state index is 0.0120. The van der Waals surface area contributed by atoms with Crippen molar-refractivity contribution in [2.75, 3.05) is 13.1 Å². The van der Waals surface area contributed by atoms with Crippen molar-refractivity contribution in [3.8, 4) is 5.75 Å². The van der Waals surface area contributed by atoms with E-state index in [4.69, 9.17) is 4.74 Å². The Hall–Kier alpha value is -2.24. The van der Waals surface area contributed by atoms with Crippen molar-refractivity contribution in [3.05, 3.63) is 29.3 Å². The summed E-state index contributed by atoms with van der Waals surface area (Å²) in [4.78, 5) is 29.0. The first-order valence-corrected chi connectivity index (χ1v) is 8.84. The molecule has 0 radical (unpaired) electrons. The molecule has 2 amide bonds. The number of rotatable bonds is 1. The number of fused-ring (bicyclic) bond motifs is 1. The molecule has 0 bridgehead atoms. The molecule has 2 aliphatic heterocycles. The number of hydrogen-bond acceptors (Lipinski definition) is 4. The van der Waals surface area contributed by atoms with E-state index in [1.165, 1.54) is 4.90 Å². The lowest BCUT2D eigenvalue weighted by Gasteiger charge is -2.38. The van der Waals surface area contributed by atoms with Crippen LogP contribution in [0.1, 0.15) is 44.7 Å². The first-order valence-electron chi connectivity index (χ1n) is 8.84. The second kappa shape index (κ2) is 6.58. The molecule has 1 unspecified atom stereocenters. The first-order chi connectivity index (χ1) is 11.7. The highest BCUT2D eigenvalue weighted by Gasteiger charge is 2.39. The molecule has 1 N–H and O–H groups in total. The van der Waals surface area contributed by atoms with Crippen molar-refractivity contribution >= 4 is 12.0 Å². The Morgan fingerprint density at radius 1 is 1.16 bits per heavy atom. The van der Waals surface area contributed by atoms with Gasteiger partial charge in [0, 0.05) is 19.5 Å². The van der Waals surface area contributed by atoms with E-state index >= 15 is 0 Å². The summed E-state index contributed by atoms with van der Waals surface area (Å²) in [6.45, 7) is 7.20. The van der Waals surface area contributed by atoms with Gasteiger partial charge in [-0.25, -0.2) is 4.79 Å². The van der Waals surface area contributed by atoms with Crippen LogP contribution < -0.4 is 0 Å². The van der Waals surface area contributed by atoms with Crippen molar-refractivity contribution in [2.45, 2.75) is 58.2 Å². The molecular weight excluding hydrogens is 320 g/mol. The van der Waals surface area contributed by atoms with Crippen LogP contribution in [0.25, 0.3) is 0 Å². The monoisotopic (exact) mass is 346 g/mol. The number of phenols is 1. The van der Waals surface area contributed by atoms with Gasteiger partial charge in [-0.2, -0.15) is 0 Å². The largest absolute Gasteiger partial charge is 0.508 e. The number of carbonyl (C=O) groups is 2. The topological polar surface area (TPSA) is 70.1 Å². The number of aromatic hydroxyl groups is 1. The van der Waals surface area contributed by atoms with Crippen LogP contribution in [0.4, 0.5) is 4.79 Å². The van der Waals surface area contributed by atoms with Gasteiger partial charge >= 0.3 is 6.09 Å². The lowest BCUT2D eigenvalue weighted by molar-refractivity contribution is -0.136. The summed E-state index contributed by atoms with van der Waals surface area (Å²) >= 11 is 0. The summed E-state index contributed by atoms with van der Waals surface area (Å²) in [5, 5.41) is 9.74. The van der Waals surface area contributed by atoms with Crippen molar-refractivity contribution in [1.29, 1.82) is 0 Å². The molecule has 1 aromatic rings. The third-order valence-corrected chi connectivity index (χ3v) is 4.65. The summed E-state index contributed by atoms with van der Waals surface area (Å²) in [5.41, 5.74) is 1.23. The normalized spacial score (nSPS) is 20.4. The molecule has 2 aliphatic rings. The summed E-state index contributed by atoms with van der Waals surface area (Å²) in [7, 11) is 0. The van der Waals surface area contributed by atoms with E-state index in [0.29, 0.717) is 6.42 Å². The van der Waals surface area contributed by atoms with E-state index in [1.807, 2.05) is 31.7 Å². The highest BCUT2D eigenvalue weighted by molar-refractivity contribution is 5.87. The fraction of sp³-hybridized carbons (Fsp3) is 0.579. The molecular formula is C19H26N2O4. The van der Waals surface area contributed by atoms with Crippen LogP contribution in [0, 0.1) is 0 Å². The number of benzene rings is 1. The van der Waals surface area contributed by atoms with Crippen LogP contribution in [-0.2, 0) is 22.5 Å². The number of hydrogen-bond donors (Lipinski definition) is 1. The number of likely N-dealkylation sites (tertiary alicyclic amines) is 1. The standard InChI is InChI=1S/C19H26N2O4/c1-19(2,3)25-18(24)21-12-14-10-15(22)7-6-13(14)11-16(21)17(23)20-8-4-5-9-20/h6-7,10,16,22H,4-5,8-9,11-12H2,1-3H3. The van der Waals surface area contributed by atoms with Crippen molar-refractivity contribution in [3.63, 3.8) is 0 Å². The zero-order chi connectivity index (χ0) is 18.2. The molecule has 6 nitrogen and oxygen atoms in total. The Labute approximate surface area is 148 Å². The molecule has 1 fully saturated rings. The van der Waals surface area contributed by atoms with E-state index in [-0.39, 0.29) is 18.2 Å². The molecule has 1 aromatic carbocycles. The van der Waals surface area contributed by atoms with Crippen LogP contribution in [0.2, 0.25) is 0 Å². The molecule has 25 heavy (non-hydrogen) atoms. The van der Waals surface area contributed by atoms with Gasteiger partial charge in [-0.15, -0.1) is 0 Å². The molecule has 1 saturated heterocycles. The summed E-state index contributed by atoms with van der Waals surface area (Å²) in [5.74, 6) is 0.147. The van der Waals surface area contributed by atoms with E-state index in [2.05, 4.69) is 0 Å². The molecule has 136 valence electrons. The van der Waals surface area contributed by atoms with Crippen molar-refractivity contribution < 1.29 is 19.4 Å². The van der Waals surface area contributed by atoms with E-state index < -0.39 is 17.7 Å². The number of phenolic OH excluding ortho intramolecular Hbond substituents is 1. The highest BCUT2D eigenvalue weighted by Crippen LogP contribution is 2.29. The van der Waals surface area contributed by atoms with Crippen molar-refractivity contribution in [2.24, 2.45) is 0 Å². The Morgan fingerprint density at radius 3 is 2.48 bits per heavy atom. The van der Waals surface area contributed by atoms with E-state index in [0.717, 1.165) is 37.1 Å². The number of amides is 2. The van der Waals surface area contributed by atoms with Gasteiger partial charge in [0.1, 0.15) is 17.4 Å². The quantitative estimate of drug-likeness (QED) is 0.849. The molecule has 0 saturated carbocycles. The van der Waals surface area contributed by atoms with Gasteiger partial charge in [-0.3, -0.25) is 9.69 Å². The second-order valence-electron chi connectivity index (χ2n) is 7.81. The molecule has 3 rings (SSSR count). The fourth-order valence-corrected chi connectivity index (χ4v) is 3.45. The van der Waals surface area contributed by atoms with Gasteiger partial charge in [0.2, 0.25) is 5.91 Å². The van der Waals surface area contributed by atoms with Gasteiger partial charge in [0.15, 0.2) is 0 Å². The lowest BCUT2D eigenvalue weighted by atomic mass is 9.93. The average Bonchev–Trinajstić information content (AvgIpc) is 3.05. The van der Waals surface area contributed by atoms with Gasteiger partial charge in [-0.1, -0.05) is 6.07 Å². The van der Waals surface area contributed by atoms with Gasteiger partial charge < -0.3 is 14.7 Å². The smallest absolute Gasteiger partial charge is 0.411 e. The predicted octanol–water partition coefficient (Wildman–Crippen LogP) is 2.68. The zero-order valence-electron chi connectivity index (χ0n) is 15.1. The van der Waals surface area contributed by atoms with Gasteiger partial charge in [-0.05, 0) is 56.9 Å². The zero-order valence-corrected chi connectivity index (χ0v) is 15.1. The molecule has 0 aromatic heterocycles. The fourth-order valence-electron chi connectivity index (χ4n) is 3.45. The molecule has 2 heterocycles. The Kier molecular flexibility index (Phi) is 4.62. The molecule has 0 spiro atoms. The predicted molar refractivity (Wildman–Crippen MR) is 93.2 cm³/mol. The Balaban J connectivity index is 1.89. The number of carbonyl (C=O) groups excluding carboxylic acids is 2. The van der Waals surface area contributed by atoms with Crippen LogP contribution in [0.15, 0.2) is 18.2 Å². The lowest BCUT2D eigenvalue weighted by Crippen LogP contribution is -2.54. The minimum Gasteiger partial charge on any atom is -0.508 e. The third-order valence-electron chi connectivity index (χ3n) is 4.65. The second-order valence-corrected chi connectivity index (χ2v) is 7.81. The first kappa shape index (κ1) is 17.6. The summed E-state index contributed by atoms with van der Waals surface area (Å²) in [6.07, 6.45) is 1.98. The SMILES string of the molecule is CC(C)(C)OC(=O)N1Cc2cc(O)ccc2CC1C(=O)N1CCCC1. The van der Waals surface area contributed by atoms with Crippen LogP contribution in [0.3, 0.4) is 0 Å². The maximum atomic E-state index is 13.0. The Bertz CT molecular complexity index is 674. The molecule has 0 aliphatic carbocycles. The molecule has 6 heteroatoms. The van der Waals surface area contributed by atoms with E-state index in [9.17, 15) is 14.7 Å². The average molecular weight is 346 g/mol. The number of nitrogens with zero attached hydrogens (tertiary/aromatic N) is 2. The van der Waals surface area contributed by atoms with Crippen LogP contribution in [0.5, 0.6) is 5.75 Å². The summed E-state index contributed by atoms with van der Waals surface area (Å²) in [6, 6.07) is 4.56. The third kappa shape index (κ3) is 3.89.